The highest BCUT2D eigenvalue weighted by atomic mass is 35.5. The molecule has 2 saturated heterocycles. The van der Waals surface area contributed by atoms with Crippen molar-refractivity contribution in [2.75, 3.05) is 26.2 Å². The van der Waals surface area contributed by atoms with Gasteiger partial charge in [-0.1, -0.05) is 0 Å². The van der Waals surface area contributed by atoms with Crippen LogP contribution < -0.4 is 10.6 Å². The summed E-state index contributed by atoms with van der Waals surface area (Å²) in [4.78, 5) is 11.6. The zero-order chi connectivity index (χ0) is 10.5. The van der Waals surface area contributed by atoms with E-state index in [1.54, 1.807) is 0 Å². The number of nitrogens with one attached hydrogen (secondary N) is 2. The Morgan fingerprint density at radius 2 is 2.25 bits per heavy atom. The lowest BCUT2D eigenvalue weighted by atomic mass is 10.00. The summed E-state index contributed by atoms with van der Waals surface area (Å²) in [6, 6.07) is 0. The largest absolute Gasteiger partial charge is 0.368 e. The van der Waals surface area contributed by atoms with Gasteiger partial charge in [-0.15, -0.1) is 12.4 Å². The highest BCUT2D eigenvalue weighted by Crippen LogP contribution is 2.13. The zero-order valence-electron chi connectivity index (χ0n) is 9.54. The molecule has 0 saturated carbocycles. The molecule has 0 aliphatic carbocycles. The number of piperidine rings is 1. The summed E-state index contributed by atoms with van der Waals surface area (Å²) in [5, 5.41) is 6.34. The third-order valence-electron chi connectivity index (χ3n) is 3.19. The van der Waals surface area contributed by atoms with Crippen molar-refractivity contribution in [1.82, 2.24) is 10.6 Å². The Morgan fingerprint density at radius 1 is 1.38 bits per heavy atom. The number of hydrogen-bond acceptors (Lipinski definition) is 3. The van der Waals surface area contributed by atoms with E-state index >= 15 is 0 Å². The molecule has 2 aliphatic heterocycles. The number of rotatable bonds is 3. The van der Waals surface area contributed by atoms with Crippen LogP contribution in [0.5, 0.6) is 0 Å². The Bertz CT molecular complexity index is 214. The number of amides is 1. The molecule has 4 nitrogen and oxygen atoms in total. The van der Waals surface area contributed by atoms with Crippen molar-refractivity contribution in [3.63, 3.8) is 0 Å². The van der Waals surface area contributed by atoms with Gasteiger partial charge < -0.3 is 15.4 Å². The number of halogens is 1. The van der Waals surface area contributed by atoms with Crippen molar-refractivity contribution in [3.05, 3.63) is 0 Å². The summed E-state index contributed by atoms with van der Waals surface area (Å²) in [7, 11) is 0. The molecule has 0 aromatic rings. The molecule has 2 fully saturated rings. The molecule has 16 heavy (non-hydrogen) atoms. The molecule has 0 radical (unpaired) electrons. The van der Waals surface area contributed by atoms with Crippen molar-refractivity contribution >= 4 is 18.3 Å². The van der Waals surface area contributed by atoms with Crippen molar-refractivity contribution in [2.24, 2.45) is 5.92 Å². The van der Waals surface area contributed by atoms with E-state index in [4.69, 9.17) is 4.74 Å². The average Bonchev–Trinajstić information content (AvgIpc) is 2.81. The van der Waals surface area contributed by atoms with Crippen molar-refractivity contribution in [3.8, 4) is 0 Å². The van der Waals surface area contributed by atoms with Crippen LogP contribution in [0.15, 0.2) is 0 Å². The first-order valence-electron chi connectivity index (χ1n) is 5.96. The highest BCUT2D eigenvalue weighted by Gasteiger charge is 2.24. The summed E-state index contributed by atoms with van der Waals surface area (Å²) in [5.74, 6) is 0.683. The van der Waals surface area contributed by atoms with Crippen LogP contribution in [0.4, 0.5) is 0 Å². The van der Waals surface area contributed by atoms with Gasteiger partial charge >= 0.3 is 0 Å². The minimum absolute atomic E-state index is 0. The fraction of sp³-hybridized carbons (Fsp3) is 0.909. The van der Waals surface area contributed by atoms with E-state index in [0.29, 0.717) is 5.92 Å². The fourth-order valence-electron chi connectivity index (χ4n) is 2.24. The van der Waals surface area contributed by atoms with E-state index in [1.165, 1.54) is 12.8 Å². The van der Waals surface area contributed by atoms with Gasteiger partial charge in [-0.25, -0.2) is 0 Å². The summed E-state index contributed by atoms with van der Waals surface area (Å²) < 4.78 is 5.33. The van der Waals surface area contributed by atoms with Gasteiger partial charge in [0, 0.05) is 13.2 Å². The molecule has 5 heteroatoms. The van der Waals surface area contributed by atoms with Crippen LogP contribution in [0, 0.1) is 5.92 Å². The van der Waals surface area contributed by atoms with Crippen molar-refractivity contribution in [2.45, 2.75) is 31.8 Å². The molecule has 0 aromatic carbocycles. The van der Waals surface area contributed by atoms with E-state index in [1.807, 2.05) is 0 Å². The average molecular weight is 249 g/mol. The molecule has 0 aromatic heterocycles. The van der Waals surface area contributed by atoms with Crippen LogP contribution in [-0.4, -0.2) is 38.3 Å². The number of ether oxygens (including phenoxy) is 1. The second-order valence-corrected chi connectivity index (χ2v) is 4.46. The molecule has 1 amide bonds. The number of carbonyl (C=O) groups excluding carboxylic acids is 1. The van der Waals surface area contributed by atoms with Gasteiger partial charge in [0.15, 0.2) is 0 Å². The lowest BCUT2D eigenvalue weighted by Gasteiger charge is -2.23. The van der Waals surface area contributed by atoms with Crippen molar-refractivity contribution in [1.29, 1.82) is 0 Å². The van der Waals surface area contributed by atoms with Crippen LogP contribution in [-0.2, 0) is 9.53 Å². The standard InChI is InChI=1S/C11H20N2O2.ClH/c14-11(10-4-2-6-15-10)13-8-9-3-1-5-12-7-9;/h9-10,12H,1-8H2,(H,13,14);1H. The first kappa shape index (κ1) is 13.7. The molecule has 2 rings (SSSR count). The first-order valence-corrected chi connectivity index (χ1v) is 5.96. The van der Waals surface area contributed by atoms with E-state index < -0.39 is 0 Å². The fourth-order valence-corrected chi connectivity index (χ4v) is 2.24. The summed E-state index contributed by atoms with van der Waals surface area (Å²) >= 11 is 0. The minimum atomic E-state index is -0.179. The van der Waals surface area contributed by atoms with Gasteiger partial charge in [-0.2, -0.15) is 0 Å². The maximum Gasteiger partial charge on any atom is 0.249 e. The molecular formula is C11H21ClN2O2. The Hall–Kier alpha value is -0.320. The van der Waals surface area contributed by atoms with Gasteiger partial charge in [-0.05, 0) is 44.7 Å². The Balaban J connectivity index is 0.00000128. The molecule has 2 aliphatic rings. The maximum absolute atomic E-state index is 11.6. The molecule has 2 atom stereocenters. The second-order valence-electron chi connectivity index (χ2n) is 4.46. The van der Waals surface area contributed by atoms with Crippen LogP contribution in [0.1, 0.15) is 25.7 Å². The van der Waals surface area contributed by atoms with Crippen LogP contribution in [0.3, 0.4) is 0 Å². The number of hydrogen-bond donors (Lipinski definition) is 2. The van der Waals surface area contributed by atoms with Gasteiger partial charge in [0.25, 0.3) is 0 Å². The van der Waals surface area contributed by atoms with Crippen LogP contribution in [0.2, 0.25) is 0 Å². The monoisotopic (exact) mass is 248 g/mol. The SMILES string of the molecule is Cl.O=C(NCC1CCCNC1)C1CCCO1. The summed E-state index contributed by atoms with van der Waals surface area (Å²) in [6.45, 7) is 3.69. The zero-order valence-corrected chi connectivity index (χ0v) is 10.4. The molecular weight excluding hydrogens is 228 g/mol. The number of carbonyl (C=O) groups is 1. The molecule has 2 unspecified atom stereocenters. The topological polar surface area (TPSA) is 50.4 Å². The van der Waals surface area contributed by atoms with E-state index in [9.17, 15) is 4.79 Å². The van der Waals surface area contributed by atoms with E-state index in [-0.39, 0.29) is 24.4 Å². The van der Waals surface area contributed by atoms with Crippen LogP contribution >= 0.6 is 12.4 Å². The Labute approximate surface area is 103 Å². The third-order valence-corrected chi connectivity index (χ3v) is 3.19. The molecule has 2 heterocycles. The molecule has 0 bridgehead atoms. The highest BCUT2D eigenvalue weighted by molar-refractivity contribution is 5.85. The summed E-state index contributed by atoms with van der Waals surface area (Å²) in [5.41, 5.74) is 0. The first-order chi connectivity index (χ1) is 7.36. The van der Waals surface area contributed by atoms with Gasteiger partial charge in [0.1, 0.15) is 6.10 Å². The van der Waals surface area contributed by atoms with Gasteiger partial charge in [0.05, 0.1) is 0 Å². The Morgan fingerprint density at radius 3 is 2.88 bits per heavy atom. The van der Waals surface area contributed by atoms with E-state index in [2.05, 4.69) is 10.6 Å². The lowest BCUT2D eigenvalue weighted by Crippen LogP contribution is -2.41. The van der Waals surface area contributed by atoms with E-state index in [0.717, 1.165) is 39.1 Å². The van der Waals surface area contributed by atoms with Gasteiger partial charge in [-0.3, -0.25) is 4.79 Å². The quantitative estimate of drug-likeness (QED) is 0.773. The predicted octanol–water partition coefficient (Wildman–Crippen LogP) is 0.703. The van der Waals surface area contributed by atoms with Crippen LogP contribution in [0.25, 0.3) is 0 Å². The Kier molecular flexibility index (Phi) is 6.09. The normalized spacial score (nSPS) is 29.5. The molecule has 0 spiro atoms. The lowest BCUT2D eigenvalue weighted by molar-refractivity contribution is -0.130. The molecule has 2 N–H and O–H groups in total. The minimum Gasteiger partial charge on any atom is -0.368 e. The van der Waals surface area contributed by atoms with Crippen molar-refractivity contribution < 1.29 is 9.53 Å². The smallest absolute Gasteiger partial charge is 0.249 e. The molecule has 94 valence electrons. The third kappa shape index (κ3) is 3.92. The predicted molar refractivity (Wildman–Crippen MR) is 64.8 cm³/mol. The summed E-state index contributed by atoms with van der Waals surface area (Å²) in [6.07, 6.45) is 4.17. The maximum atomic E-state index is 11.6. The second kappa shape index (κ2) is 7.09. The van der Waals surface area contributed by atoms with Gasteiger partial charge in [0.2, 0.25) is 5.91 Å².